The van der Waals surface area contributed by atoms with Crippen LogP contribution in [0, 0.1) is 35.1 Å². The number of nitrogens with zero attached hydrogens (tertiary/aromatic N) is 6. The van der Waals surface area contributed by atoms with Gasteiger partial charge in [0.15, 0.2) is 0 Å². The highest BCUT2D eigenvalue weighted by Crippen LogP contribution is 2.45. The Morgan fingerprint density at radius 3 is 1.18 bits per heavy atom. The molecule has 2 N–H and O–H groups in total. The predicted octanol–water partition coefficient (Wildman–Crippen LogP) is 13.9. The van der Waals surface area contributed by atoms with E-state index in [9.17, 15) is 27.8 Å². The van der Waals surface area contributed by atoms with E-state index >= 15 is 0 Å². The molecule has 0 saturated carbocycles. The summed E-state index contributed by atoms with van der Waals surface area (Å²) >= 11 is 0. The fraction of sp³-hybridized carbons (Fsp3) is 0.375. The van der Waals surface area contributed by atoms with E-state index in [1.807, 2.05) is 62.6 Å². The van der Waals surface area contributed by atoms with Crippen molar-refractivity contribution in [1.82, 2.24) is 19.1 Å². The standard InChI is InChI=1S/2C32H33F2N3O2/c2*1-18-16-35-19(2)29(18)22-13-28-30(36-17-22)26-6-5-23(32(3,4)38)14-27(26)37(28)31(20-7-9-39-10-8-20)21-11-24(33)15-25(34)12-21/h2*5-6,11-15,17,20,31,38H,7-10,16H2,1-4H3. The molecule has 2 unspecified atom stereocenters. The van der Waals surface area contributed by atoms with Gasteiger partial charge in [-0.05, 0) is 175 Å². The molecule has 4 aromatic heterocycles. The van der Waals surface area contributed by atoms with Gasteiger partial charge in [0.05, 0.1) is 69.5 Å². The zero-order valence-corrected chi connectivity index (χ0v) is 45.5. The Kier molecular flexibility index (Phi) is 14.1. The first kappa shape index (κ1) is 53.2. The lowest BCUT2D eigenvalue weighted by atomic mass is 9.86. The summed E-state index contributed by atoms with van der Waals surface area (Å²) in [6, 6.07) is 23.0. The lowest BCUT2D eigenvalue weighted by molar-refractivity contribution is 0.0551. The molecule has 2 saturated heterocycles. The fourth-order valence-electron chi connectivity index (χ4n) is 12.6. The Bertz CT molecular complexity index is 3520. The third-order valence-corrected chi connectivity index (χ3v) is 16.4. The van der Waals surface area contributed by atoms with Crippen LogP contribution in [0.2, 0.25) is 0 Å². The van der Waals surface area contributed by atoms with Gasteiger partial charge in [0.2, 0.25) is 0 Å². The third-order valence-electron chi connectivity index (χ3n) is 16.4. The van der Waals surface area contributed by atoms with E-state index in [0.717, 1.165) is 127 Å². The summed E-state index contributed by atoms with van der Waals surface area (Å²) in [6.07, 6.45) is 6.84. The number of aliphatic imine (C=N–C) groups is 2. The van der Waals surface area contributed by atoms with Crippen LogP contribution in [-0.4, -0.2) is 80.3 Å². The molecule has 4 aliphatic heterocycles. The second-order valence-corrected chi connectivity index (χ2v) is 22.8. The SMILES string of the molecule is CC1=NCC(C)=C1c1cnc2c3ccc(C(C)(C)O)cc3n(C(c3cc(F)cc(F)c3)C3CCOCC3)c2c1.CC1=NCC(C)=C1c1cnc2c3ccc(C(C)(C)O)cc3n(C(c3cc(F)cc(F)c3)C3CCOCC3)c2c1. The van der Waals surface area contributed by atoms with Crippen LogP contribution in [0.4, 0.5) is 17.6 Å². The summed E-state index contributed by atoms with van der Waals surface area (Å²) in [5.74, 6) is -2.22. The van der Waals surface area contributed by atoms with Crippen LogP contribution in [0.15, 0.2) is 118 Å². The zero-order valence-electron chi connectivity index (χ0n) is 45.5. The molecule has 4 aromatic carbocycles. The van der Waals surface area contributed by atoms with Gasteiger partial charge in [-0.1, -0.05) is 24.3 Å². The van der Waals surface area contributed by atoms with Gasteiger partial charge < -0.3 is 28.8 Å². The van der Waals surface area contributed by atoms with Crippen molar-refractivity contribution in [1.29, 1.82) is 0 Å². The highest BCUT2D eigenvalue weighted by atomic mass is 19.1. The smallest absolute Gasteiger partial charge is 0.126 e. The van der Waals surface area contributed by atoms with E-state index in [4.69, 9.17) is 19.4 Å². The average Bonchev–Trinajstić information content (AvgIpc) is 4.10. The van der Waals surface area contributed by atoms with Crippen LogP contribution in [0.1, 0.15) is 127 Å². The van der Waals surface area contributed by atoms with Crippen LogP contribution in [-0.2, 0) is 20.7 Å². The van der Waals surface area contributed by atoms with Crippen molar-refractivity contribution in [3.8, 4) is 0 Å². The molecule has 0 amide bonds. The highest BCUT2D eigenvalue weighted by molar-refractivity contribution is 6.26. The van der Waals surface area contributed by atoms with Gasteiger partial charge in [-0.2, -0.15) is 0 Å². The molecular formula is C64H66F4N6O4. The summed E-state index contributed by atoms with van der Waals surface area (Å²) in [7, 11) is 0. The summed E-state index contributed by atoms with van der Waals surface area (Å²) < 4.78 is 74.4. The predicted molar refractivity (Wildman–Crippen MR) is 302 cm³/mol. The van der Waals surface area contributed by atoms with E-state index in [0.29, 0.717) is 50.6 Å². The van der Waals surface area contributed by atoms with Crippen LogP contribution in [0.5, 0.6) is 0 Å². The molecule has 404 valence electrons. The number of hydrogen-bond acceptors (Lipinski definition) is 8. The minimum atomic E-state index is -1.06. The number of halogens is 4. The number of hydrogen-bond donors (Lipinski definition) is 2. The van der Waals surface area contributed by atoms with Gasteiger partial charge in [-0.15, -0.1) is 0 Å². The van der Waals surface area contributed by atoms with E-state index in [2.05, 4.69) is 45.1 Å². The number of aliphatic hydroxyl groups is 2. The van der Waals surface area contributed by atoms with Crippen LogP contribution < -0.4 is 0 Å². The Hall–Kier alpha value is -6.84. The molecule has 8 aromatic rings. The maximum atomic E-state index is 14.7. The number of allylic oxidation sites excluding steroid dienone is 2. The molecule has 12 rings (SSSR count). The van der Waals surface area contributed by atoms with Gasteiger partial charge in [0, 0.05) is 95.4 Å². The Balaban J connectivity index is 0.000000165. The molecule has 2 atom stereocenters. The quantitative estimate of drug-likeness (QED) is 0.132. The Morgan fingerprint density at radius 2 is 0.859 bits per heavy atom. The number of rotatable bonds is 10. The summed E-state index contributed by atoms with van der Waals surface area (Å²) in [5, 5.41) is 23.6. The first-order valence-corrected chi connectivity index (χ1v) is 27.1. The van der Waals surface area contributed by atoms with Gasteiger partial charge in [-0.25, -0.2) is 17.6 Å². The van der Waals surface area contributed by atoms with Crippen LogP contribution in [0.3, 0.4) is 0 Å². The zero-order chi connectivity index (χ0) is 54.9. The molecule has 4 aliphatic rings. The Labute approximate surface area is 451 Å². The summed E-state index contributed by atoms with van der Waals surface area (Å²) in [4.78, 5) is 19.1. The Morgan fingerprint density at radius 1 is 0.500 bits per heavy atom. The molecule has 14 heteroatoms. The van der Waals surface area contributed by atoms with Gasteiger partial charge in [0.1, 0.15) is 23.3 Å². The topological polar surface area (TPSA) is 119 Å². The van der Waals surface area contributed by atoms with Crippen molar-refractivity contribution in [2.75, 3.05) is 39.5 Å². The maximum Gasteiger partial charge on any atom is 0.126 e. The van der Waals surface area contributed by atoms with Crippen molar-refractivity contribution < 1.29 is 37.2 Å². The monoisotopic (exact) mass is 1060 g/mol. The fourth-order valence-corrected chi connectivity index (χ4v) is 12.6. The van der Waals surface area contributed by atoms with Crippen molar-refractivity contribution in [2.24, 2.45) is 21.8 Å². The molecule has 8 heterocycles. The average molecular weight is 1060 g/mol. The highest BCUT2D eigenvalue weighted by Gasteiger charge is 2.34. The van der Waals surface area contributed by atoms with E-state index < -0.39 is 34.5 Å². The van der Waals surface area contributed by atoms with Crippen LogP contribution >= 0.6 is 0 Å². The molecule has 0 aliphatic carbocycles. The molecule has 78 heavy (non-hydrogen) atoms. The largest absolute Gasteiger partial charge is 0.386 e. The third kappa shape index (κ3) is 10.0. The lowest BCUT2D eigenvalue weighted by Gasteiger charge is -2.33. The first-order valence-electron chi connectivity index (χ1n) is 27.1. The minimum absolute atomic E-state index is 0.0870. The number of benzene rings is 4. The maximum absolute atomic E-state index is 14.7. The normalized spacial score (nSPS) is 17.9. The number of aromatic nitrogens is 4. The lowest BCUT2D eigenvalue weighted by Crippen LogP contribution is -2.27. The summed E-state index contributed by atoms with van der Waals surface area (Å²) in [6.45, 7) is 19.0. The molecule has 10 nitrogen and oxygen atoms in total. The molecule has 0 bridgehead atoms. The first-order chi connectivity index (χ1) is 37.2. The molecule has 0 spiro atoms. The van der Waals surface area contributed by atoms with Crippen molar-refractivity contribution in [2.45, 2.75) is 104 Å². The van der Waals surface area contributed by atoms with Gasteiger partial charge >= 0.3 is 0 Å². The second kappa shape index (κ2) is 20.8. The van der Waals surface area contributed by atoms with E-state index in [1.165, 1.54) is 35.4 Å². The molecule has 0 radical (unpaired) electrons. The summed E-state index contributed by atoms with van der Waals surface area (Å²) in [5.41, 5.74) is 14.2. The number of fused-ring (bicyclic) bond motifs is 6. The number of ether oxygens (including phenoxy) is 2. The van der Waals surface area contributed by atoms with Crippen molar-refractivity contribution in [3.63, 3.8) is 0 Å². The van der Waals surface area contributed by atoms with E-state index in [1.54, 1.807) is 27.7 Å². The van der Waals surface area contributed by atoms with Crippen molar-refractivity contribution in [3.05, 3.63) is 165 Å². The van der Waals surface area contributed by atoms with Gasteiger partial charge in [0.25, 0.3) is 0 Å². The van der Waals surface area contributed by atoms with Gasteiger partial charge in [-0.3, -0.25) is 20.0 Å². The molecule has 2 fully saturated rings. The van der Waals surface area contributed by atoms with Crippen molar-refractivity contribution >= 4 is 66.4 Å². The number of pyridine rings is 2. The van der Waals surface area contributed by atoms with E-state index in [-0.39, 0.29) is 23.9 Å². The second-order valence-electron chi connectivity index (χ2n) is 22.8. The van der Waals surface area contributed by atoms with Crippen LogP contribution in [0.25, 0.3) is 55.0 Å². The molecular weight excluding hydrogens is 993 g/mol. The minimum Gasteiger partial charge on any atom is -0.386 e.